The zero-order valence-corrected chi connectivity index (χ0v) is 13.5. The van der Waals surface area contributed by atoms with Crippen LogP contribution < -0.4 is 5.32 Å². The predicted octanol–water partition coefficient (Wildman–Crippen LogP) is 3.95. The molecule has 2 rings (SSSR count). The van der Waals surface area contributed by atoms with Crippen molar-refractivity contribution in [2.45, 2.75) is 47.2 Å². The lowest BCUT2D eigenvalue weighted by atomic mass is 10.1. The second-order valence-electron chi connectivity index (χ2n) is 5.54. The summed E-state index contributed by atoms with van der Waals surface area (Å²) in [7, 11) is 0. The quantitative estimate of drug-likeness (QED) is 0.924. The summed E-state index contributed by atoms with van der Waals surface area (Å²) in [6.07, 6.45) is 0. The molecule has 108 valence electrons. The molecule has 0 fully saturated rings. The zero-order valence-electron chi connectivity index (χ0n) is 12.8. The number of hydrogen-bond acceptors (Lipinski definition) is 2. The Morgan fingerprint density at radius 1 is 1.25 bits per heavy atom. The Bertz CT molecular complexity index is 614. The maximum Gasteiger partial charge on any atom is 0.0848 e. The molecule has 0 spiro atoms. The van der Waals surface area contributed by atoms with Crippen molar-refractivity contribution in [1.29, 1.82) is 0 Å². The van der Waals surface area contributed by atoms with Gasteiger partial charge in [-0.15, -0.1) is 0 Å². The summed E-state index contributed by atoms with van der Waals surface area (Å²) in [5.41, 5.74) is 5.49. The van der Waals surface area contributed by atoms with Crippen molar-refractivity contribution in [3.8, 4) is 5.69 Å². The number of aromatic nitrogens is 2. The Morgan fingerprint density at radius 2 is 1.95 bits per heavy atom. The molecular formula is C16H22ClN3. The van der Waals surface area contributed by atoms with E-state index in [0.717, 1.165) is 28.6 Å². The monoisotopic (exact) mass is 291 g/mol. The van der Waals surface area contributed by atoms with Gasteiger partial charge >= 0.3 is 0 Å². The maximum absolute atomic E-state index is 6.21. The van der Waals surface area contributed by atoms with Gasteiger partial charge in [-0.1, -0.05) is 31.5 Å². The minimum atomic E-state index is 0.490. The largest absolute Gasteiger partial charge is 0.310 e. The van der Waals surface area contributed by atoms with Crippen LogP contribution >= 0.6 is 11.6 Å². The fraction of sp³-hybridized carbons (Fsp3) is 0.438. The number of rotatable bonds is 4. The summed E-state index contributed by atoms with van der Waals surface area (Å²) >= 11 is 6.21. The molecule has 0 aliphatic heterocycles. The first-order chi connectivity index (χ1) is 9.40. The highest BCUT2D eigenvalue weighted by Gasteiger charge is 2.11. The van der Waals surface area contributed by atoms with Gasteiger partial charge in [0.2, 0.25) is 0 Å². The molecule has 2 aromatic rings. The normalized spacial score (nSPS) is 11.3. The lowest BCUT2D eigenvalue weighted by Crippen LogP contribution is -2.22. The second kappa shape index (κ2) is 5.98. The van der Waals surface area contributed by atoms with Crippen molar-refractivity contribution in [2.24, 2.45) is 0 Å². The number of nitrogens with zero attached hydrogens (tertiary/aromatic N) is 2. The fourth-order valence-electron chi connectivity index (χ4n) is 2.20. The first-order valence-electron chi connectivity index (χ1n) is 6.95. The Morgan fingerprint density at radius 3 is 2.45 bits per heavy atom. The van der Waals surface area contributed by atoms with Gasteiger partial charge in [-0.05, 0) is 44.0 Å². The summed E-state index contributed by atoms with van der Waals surface area (Å²) in [6, 6.07) is 6.90. The summed E-state index contributed by atoms with van der Waals surface area (Å²) in [5, 5.41) is 8.68. The van der Waals surface area contributed by atoms with Crippen LogP contribution in [0.25, 0.3) is 5.69 Å². The van der Waals surface area contributed by atoms with E-state index in [-0.39, 0.29) is 0 Å². The van der Waals surface area contributed by atoms with Crippen LogP contribution in [-0.4, -0.2) is 15.8 Å². The van der Waals surface area contributed by atoms with Crippen LogP contribution in [0.5, 0.6) is 0 Å². The van der Waals surface area contributed by atoms with Gasteiger partial charge in [0.25, 0.3) is 0 Å². The van der Waals surface area contributed by atoms with Crippen LogP contribution in [0.3, 0.4) is 0 Å². The Kier molecular flexibility index (Phi) is 4.51. The molecule has 0 saturated heterocycles. The van der Waals surface area contributed by atoms with Crippen LogP contribution in [-0.2, 0) is 6.54 Å². The Labute approximate surface area is 126 Å². The van der Waals surface area contributed by atoms with Crippen LogP contribution in [0.1, 0.15) is 36.4 Å². The first-order valence-corrected chi connectivity index (χ1v) is 7.33. The van der Waals surface area contributed by atoms with Crippen molar-refractivity contribution in [2.75, 3.05) is 0 Å². The second-order valence-corrected chi connectivity index (χ2v) is 5.92. The average Bonchev–Trinajstić information content (AvgIpc) is 2.65. The molecule has 0 radical (unpaired) electrons. The van der Waals surface area contributed by atoms with Crippen molar-refractivity contribution < 1.29 is 0 Å². The minimum absolute atomic E-state index is 0.490. The van der Waals surface area contributed by atoms with E-state index in [0.29, 0.717) is 6.04 Å². The smallest absolute Gasteiger partial charge is 0.0848 e. The van der Waals surface area contributed by atoms with Gasteiger partial charge in [-0.25, -0.2) is 4.68 Å². The molecule has 0 bridgehead atoms. The number of hydrogen-bond donors (Lipinski definition) is 1. The van der Waals surface area contributed by atoms with Crippen LogP contribution in [0.4, 0.5) is 0 Å². The average molecular weight is 292 g/mol. The Balaban J connectivity index is 2.31. The van der Waals surface area contributed by atoms with E-state index in [9.17, 15) is 0 Å². The van der Waals surface area contributed by atoms with E-state index in [1.54, 1.807) is 0 Å². The van der Waals surface area contributed by atoms with Gasteiger partial charge in [0.05, 0.1) is 22.1 Å². The van der Waals surface area contributed by atoms with Gasteiger partial charge in [-0.2, -0.15) is 5.10 Å². The Hall–Kier alpha value is -1.32. The van der Waals surface area contributed by atoms with Crippen molar-refractivity contribution in [3.63, 3.8) is 0 Å². The fourth-order valence-corrected chi connectivity index (χ4v) is 2.32. The topological polar surface area (TPSA) is 29.9 Å². The van der Waals surface area contributed by atoms with Gasteiger partial charge in [0.1, 0.15) is 0 Å². The molecule has 0 aliphatic rings. The number of halogens is 1. The number of benzene rings is 1. The number of nitrogens with one attached hydrogen (secondary N) is 1. The van der Waals surface area contributed by atoms with Crippen LogP contribution in [0.15, 0.2) is 18.2 Å². The molecule has 0 saturated carbocycles. The summed E-state index contributed by atoms with van der Waals surface area (Å²) in [5.74, 6) is 0. The van der Waals surface area contributed by atoms with Gasteiger partial charge in [0, 0.05) is 12.6 Å². The van der Waals surface area contributed by atoms with Crippen molar-refractivity contribution in [1.82, 2.24) is 15.1 Å². The minimum Gasteiger partial charge on any atom is -0.310 e. The molecule has 1 N–H and O–H groups in total. The molecule has 0 aliphatic carbocycles. The standard InChI is InChI=1S/C16H22ClN3/c1-10(2)18-9-14-6-7-15(8-11(14)3)20-13(5)16(17)12(4)19-20/h6-8,10,18H,9H2,1-5H3. The molecule has 1 aromatic heterocycles. The third-order valence-corrected chi connectivity index (χ3v) is 4.02. The van der Waals surface area contributed by atoms with Crippen LogP contribution in [0.2, 0.25) is 5.02 Å². The maximum atomic E-state index is 6.21. The van der Waals surface area contributed by atoms with E-state index >= 15 is 0 Å². The first kappa shape index (κ1) is 15.1. The number of aryl methyl sites for hydroxylation is 2. The summed E-state index contributed by atoms with van der Waals surface area (Å²) in [6.45, 7) is 11.3. The van der Waals surface area contributed by atoms with E-state index in [1.165, 1.54) is 11.1 Å². The highest BCUT2D eigenvalue weighted by Crippen LogP contribution is 2.23. The summed E-state index contributed by atoms with van der Waals surface area (Å²) in [4.78, 5) is 0. The SMILES string of the molecule is Cc1cc(-n2nc(C)c(Cl)c2C)ccc1CNC(C)C. The lowest BCUT2D eigenvalue weighted by Gasteiger charge is -2.12. The van der Waals surface area contributed by atoms with E-state index < -0.39 is 0 Å². The molecule has 0 amide bonds. The zero-order chi connectivity index (χ0) is 14.9. The molecule has 4 heteroatoms. The highest BCUT2D eigenvalue weighted by atomic mass is 35.5. The van der Waals surface area contributed by atoms with Gasteiger partial charge in [-0.3, -0.25) is 0 Å². The van der Waals surface area contributed by atoms with Crippen LogP contribution in [0, 0.1) is 20.8 Å². The van der Waals surface area contributed by atoms with Gasteiger partial charge < -0.3 is 5.32 Å². The van der Waals surface area contributed by atoms with Crippen molar-refractivity contribution >= 4 is 11.6 Å². The van der Waals surface area contributed by atoms with Crippen molar-refractivity contribution in [3.05, 3.63) is 45.7 Å². The third kappa shape index (κ3) is 3.05. The molecule has 0 atom stereocenters. The lowest BCUT2D eigenvalue weighted by molar-refractivity contribution is 0.587. The predicted molar refractivity (Wildman–Crippen MR) is 84.8 cm³/mol. The highest BCUT2D eigenvalue weighted by molar-refractivity contribution is 6.31. The van der Waals surface area contributed by atoms with E-state index in [1.807, 2.05) is 18.5 Å². The molecular weight excluding hydrogens is 270 g/mol. The van der Waals surface area contributed by atoms with Gasteiger partial charge in [0.15, 0.2) is 0 Å². The molecule has 20 heavy (non-hydrogen) atoms. The molecule has 0 unspecified atom stereocenters. The van der Waals surface area contributed by atoms with E-state index in [2.05, 4.69) is 49.4 Å². The summed E-state index contributed by atoms with van der Waals surface area (Å²) < 4.78 is 1.91. The molecule has 1 aromatic carbocycles. The third-order valence-electron chi connectivity index (χ3n) is 3.47. The van der Waals surface area contributed by atoms with E-state index in [4.69, 9.17) is 11.6 Å². The molecule has 3 nitrogen and oxygen atoms in total. The molecule has 1 heterocycles.